The number of halogens is 1. The fourth-order valence-electron chi connectivity index (χ4n) is 1.19. The fourth-order valence-corrected chi connectivity index (χ4v) is 2.10. The average molecular weight is 298 g/mol. The van der Waals surface area contributed by atoms with Gasteiger partial charge in [0, 0.05) is 10.7 Å². The summed E-state index contributed by atoms with van der Waals surface area (Å²) in [6, 6.07) is 0. The van der Waals surface area contributed by atoms with Crippen molar-refractivity contribution in [2.24, 2.45) is 0 Å². The van der Waals surface area contributed by atoms with Gasteiger partial charge in [0.25, 0.3) is 9.05 Å². The molecule has 1 aromatic rings. The molecule has 0 N–H and O–H groups in total. The van der Waals surface area contributed by atoms with Gasteiger partial charge < -0.3 is 14.9 Å². The molecule has 0 saturated carbocycles. The van der Waals surface area contributed by atoms with Gasteiger partial charge in [-0.05, 0) is 18.8 Å². The smallest absolute Gasteiger partial charge is 0.377 e. The molecule has 0 spiro atoms. The molecule has 0 aliphatic carbocycles. The van der Waals surface area contributed by atoms with Crippen LogP contribution in [0.15, 0.2) is 11.1 Å². The summed E-state index contributed by atoms with van der Waals surface area (Å²) < 4.78 is 28.6. The van der Waals surface area contributed by atoms with E-state index in [0.717, 1.165) is 10.9 Å². The largest absolute Gasteiger partial charge is 0.410 e. The summed E-state index contributed by atoms with van der Waals surface area (Å²) in [5, 5.41) is 14.2. The van der Waals surface area contributed by atoms with E-state index in [1.165, 1.54) is 0 Å². The molecule has 0 aliphatic rings. The molecule has 1 aromatic heterocycles. The lowest BCUT2D eigenvalue weighted by Crippen LogP contribution is -2.11. The van der Waals surface area contributed by atoms with Gasteiger partial charge in [-0.15, -0.1) is 0 Å². The lowest BCUT2D eigenvalue weighted by Gasteiger charge is -2.04. The first-order chi connectivity index (χ1) is 8.21. The van der Waals surface area contributed by atoms with Gasteiger partial charge >= 0.3 is 5.82 Å². The van der Waals surface area contributed by atoms with E-state index in [1.807, 2.05) is 13.8 Å². The zero-order chi connectivity index (χ0) is 13.9. The Morgan fingerprint density at radius 2 is 2.22 bits per heavy atom. The molecular formula is C8H12ClN3O5S. The van der Waals surface area contributed by atoms with Crippen molar-refractivity contribution in [3.05, 3.63) is 16.3 Å². The molecule has 102 valence electrons. The second-order valence-corrected chi connectivity index (χ2v) is 6.23. The zero-order valence-corrected chi connectivity index (χ0v) is 11.3. The second-order valence-electron chi connectivity index (χ2n) is 3.69. The fraction of sp³-hybridized carbons (Fsp3) is 0.625. The van der Waals surface area contributed by atoms with Crippen LogP contribution >= 0.6 is 10.7 Å². The third-order valence-electron chi connectivity index (χ3n) is 1.92. The Kier molecular flexibility index (Phi) is 4.65. The summed E-state index contributed by atoms with van der Waals surface area (Å²) in [4.78, 5) is 9.13. The van der Waals surface area contributed by atoms with Crippen molar-refractivity contribution >= 4 is 25.6 Å². The molecule has 0 atom stereocenters. The Labute approximate surface area is 108 Å². The van der Waals surface area contributed by atoms with Gasteiger partial charge in [-0.1, -0.05) is 0 Å². The van der Waals surface area contributed by atoms with Crippen LogP contribution in [-0.4, -0.2) is 35.8 Å². The first-order valence-electron chi connectivity index (χ1n) is 5.00. The van der Waals surface area contributed by atoms with E-state index < -0.39 is 24.7 Å². The minimum absolute atomic E-state index is 0.00628. The van der Waals surface area contributed by atoms with Crippen LogP contribution in [0.2, 0.25) is 0 Å². The molecule has 0 fully saturated rings. The number of ether oxygens (including phenoxy) is 1. The number of nitrogens with zero attached hydrogens (tertiary/aromatic N) is 3. The van der Waals surface area contributed by atoms with E-state index in [4.69, 9.17) is 15.4 Å². The topological polar surface area (TPSA) is 104 Å². The number of nitro groups is 1. The van der Waals surface area contributed by atoms with Gasteiger partial charge in [-0.3, -0.25) is 0 Å². The van der Waals surface area contributed by atoms with Gasteiger partial charge in [-0.2, -0.15) is 4.68 Å². The molecule has 0 aliphatic heterocycles. The molecule has 0 unspecified atom stereocenters. The van der Waals surface area contributed by atoms with Gasteiger partial charge in [-0.25, -0.2) is 8.42 Å². The van der Waals surface area contributed by atoms with Crippen LogP contribution < -0.4 is 0 Å². The van der Waals surface area contributed by atoms with Crippen molar-refractivity contribution in [3.8, 4) is 0 Å². The maximum Gasteiger partial charge on any atom is 0.410 e. The van der Waals surface area contributed by atoms with Gasteiger partial charge in [0.2, 0.25) is 4.90 Å². The highest BCUT2D eigenvalue weighted by Crippen LogP contribution is 2.24. The van der Waals surface area contributed by atoms with E-state index in [-0.39, 0.29) is 19.3 Å². The molecule has 10 heteroatoms. The van der Waals surface area contributed by atoms with Crippen molar-refractivity contribution in [2.75, 3.05) is 6.61 Å². The molecule has 0 aromatic carbocycles. The van der Waals surface area contributed by atoms with Crippen LogP contribution in [0.3, 0.4) is 0 Å². The number of hydrogen-bond acceptors (Lipinski definition) is 6. The maximum absolute atomic E-state index is 11.1. The standard InChI is InChI=1S/C8H12ClN3O5S/c1-6(2)17-4-3-11-5-7(18(9,15)16)8(10-11)12(13)14/h5-6H,3-4H2,1-2H3. The molecule has 0 saturated heterocycles. The Hall–Kier alpha value is -1.19. The molecule has 0 radical (unpaired) electrons. The van der Waals surface area contributed by atoms with Crippen molar-refractivity contribution in [1.82, 2.24) is 9.78 Å². The molecule has 8 nitrogen and oxygen atoms in total. The van der Waals surface area contributed by atoms with E-state index in [2.05, 4.69) is 5.10 Å². The predicted molar refractivity (Wildman–Crippen MR) is 63.0 cm³/mol. The summed E-state index contributed by atoms with van der Waals surface area (Å²) in [6.07, 6.45) is 1.02. The van der Waals surface area contributed by atoms with Crippen LogP contribution in [-0.2, 0) is 20.3 Å². The van der Waals surface area contributed by atoms with Crippen molar-refractivity contribution in [3.63, 3.8) is 0 Å². The van der Waals surface area contributed by atoms with Gasteiger partial charge in [0.15, 0.2) is 0 Å². The maximum atomic E-state index is 11.1. The lowest BCUT2D eigenvalue weighted by atomic mass is 10.5. The summed E-state index contributed by atoms with van der Waals surface area (Å²) in [5.74, 6) is -0.783. The van der Waals surface area contributed by atoms with Crippen LogP contribution in [0.25, 0.3) is 0 Å². The number of hydrogen-bond donors (Lipinski definition) is 0. The summed E-state index contributed by atoms with van der Waals surface area (Å²) in [5.41, 5.74) is 0. The van der Waals surface area contributed by atoms with Crippen molar-refractivity contribution in [1.29, 1.82) is 0 Å². The van der Waals surface area contributed by atoms with Gasteiger partial charge in [0.1, 0.15) is 0 Å². The van der Waals surface area contributed by atoms with Crippen LogP contribution in [0, 0.1) is 10.1 Å². The van der Waals surface area contributed by atoms with Crippen molar-refractivity contribution < 1.29 is 18.1 Å². The number of aromatic nitrogens is 2. The van der Waals surface area contributed by atoms with Gasteiger partial charge in [0.05, 0.1) is 30.6 Å². The molecule has 18 heavy (non-hydrogen) atoms. The van der Waals surface area contributed by atoms with Crippen LogP contribution in [0.5, 0.6) is 0 Å². The molecule has 0 bridgehead atoms. The first-order valence-corrected chi connectivity index (χ1v) is 7.31. The average Bonchev–Trinajstić information content (AvgIpc) is 2.60. The third kappa shape index (κ3) is 3.93. The van der Waals surface area contributed by atoms with E-state index in [1.54, 1.807) is 0 Å². The highest BCUT2D eigenvalue weighted by atomic mass is 35.7. The van der Waals surface area contributed by atoms with Crippen molar-refractivity contribution in [2.45, 2.75) is 31.4 Å². The van der Waals surface area contributed by atoms with E-state index >= 15 is 0 Å². The zero-order valence-electron chi connectivity index (χ0n) is 9.74. The molecule has 0 amide bonds. The van der Waals surface area contributed by atoms with Crippen LogP contribution in [0.4, 0.5) is 5.82 Å². The number of rotatable bonds is 6. The van der Waals surface area contributed by atoms with E-state index in [0.29, 0.717) is 0 Å². The second kappa shape index (κ2) is 5.63. The highest BCUT2D eigenvalue weighted by molar-refractivity contribution is 8.13. The van der Waals surface area contributed by atoms with Crippen LogP contribution in [0.1, 0.15) is 13.8 Å². The Balaban J connectivity index is 2.93. The van der Waals surface area contributed by atoms with E-state index in [9.17, 15) is 18.5 Å². The third-order valence-corrected chi connectivity index (χ3v) is 3.23. The Morgan fingerprint density at radius 3 is 2.61 bits per heavy atom. The SMILES string of the molecule is CC(C)OCCn1cc(S(=O)(=O)Cl)c([N+](=O)[O-])n1. The summed E-state index contributed by atoms with van der Waals surface area (Å²) in [6.45, 7) is 4.13. The highest BCUT2D eigenvalue weighted by Gasteiger charge is 2.29. The minimum Gasteiger partial charge on any atom is -0.377 e. The Bertz CT molecular complexity index is 539. The summed E-state index contributed by atoms with van der Waals surface area (Å²) >= 11 is 0. The molecule has 1 rings (SSSR count). The predicted octanol–water partition coefficient (Wildman–Crippen LogP) is 1.14. The first kappa shape index (κ1) is 14.9. The molecule has 1 heterocycles. The molecular weight excluding hydrogens is 286 g/mol. The minimum atomic E-state index is -4.19. The lowest BCUT2D eigenvalue weighted by molar-refractivity contribution is -0.392. The normalized spacial score (nSPS) is 12.0. The summed E-state index contributed by atoms with van der Waals surface area (Å²) in [7, 11) is 0.896. The Morgan fingerprint density at radius 1 is 1.61 bits per heavy atom. The monoisotopic (exact) mass is 297 g/mol. The quantitative estimate of drug-likeness (QED) is 0.443.